The van der Waals surface area contributed by atoms with Crippen LogP contribution in [0.1, 0.15) is 23.0 Å². The summed E-state index contributed by atoms with van der Waals surface area (Å²) in [6.45, 7) is 1.19. The number of carbonyl (C=O) groups is 2. The number of hydrogen-bond acceptors (Lipinski definition) is 3. The Labute approximate surface area is 148 Å². The Morgan fingerprint density at radius 3 is 2.62 bits per heavy atom. The van der Waals surface area contributed by atoms with Crippen LogP contribution in [0.3, 0.4) is 0 Å². The van der Waals surface area contributed by atoms with Crippen molar-refractivity contribution in [3.8, 4) is 5.75 Å². The molecule has 3 N–H and O–H groups in total. The third kappa shape index (κ3) is 4.68. The number of rotatable bonds is 8. The largest absolute Gasteiger partial charge is 0.491 e. The molecule has 1 unspecified atom stereocenters. The quantitative estimate of drug-likeness (QED) is 0.665. The Bertz CT molecular complexity index is 790. The van der Waals surface area contributed by atoms with Crippen LogP contribution in [-0.2, 0) is 11.2 Å². The first-order chi connectivity index (χ1) is 12.3. The van der Waals surface area contributed by atoms with Gasteiger partial charge in [-0.1, -0.05) is 0 Å². The summed E-state index contributed by atoms with van der Waals surface area (Å²) in [6, 6.07) is 4.96. The Morgan fingerprint density at radius 2 is 2.00 bits per heavy atom. The van der Waals surface area contributed by atoms with Crippen LogP contribution < -0.4 is 15.4 Å². The average molecular weight is 371 g/mol. The highest BCUT2D eigenvalue weighted by Crippen LogP contribution is 2.27. The molecule has 1 atom stereocenters. The van der Waals surface area contributed by atoms with E-state index in [-0.39, 0.29) is 31.2 Å². The van der Waals surface area contributed by atoms with Gasteiger partial charge in [0.25, 0.3) is 11.8 Å². The van der Waals surface area contributed by atoms with Crippen molar-refractivity contribution in [2.24, 2.45) is 0 Å². The first-order valence-corrected chi connectivity index (χ1v) is 8.03. The van der Waals surface area contributed by atoms with Gasteiger partial charge in [0.1, 0.15) is 24.2 Å². The van der Waals surface area contributed by atoms with Gasteiger partial charge >= 0.3 is 6.43 Å². The molecule has 142 valence electrons. The number of alkyl halides is 3. The summed E-state index contributed by atoms with van der Waals surface area (Å²) in [5.74, 6) is -1.33. The summed E-state index contributed by atoms with van der Waals surface area (Å²) in [5.41, 5.74) is 1.46. The molecule has 0 radical (unpaired) electrons. The molecule has 0 aliphatic carbocycles. The molecule has 0 aliphatic rings. The summed E-state index contributed by atoms with van der Waals surface area (Å²) < 4.78 is 42.9. The number of carbonyl (C=O) groups excluding carboxylic acids is 2. The predicted octanol–water partition coefficient (Wildman–Crippen LogP) is 2.19. The normalized spacial score (nSPS) is 12.2. The molecule has 1 aromatic carbocycles. The van der Waals surface area contributed by atoms with Gasteiger partial charge in [0.05, 0.1) is 0 Å². The van der Waals surface area contributed by atoms with Gasteiger partial charge < -0.3 is 20.4 Å². The maximum atomic E-state index is 13.0. The SMILES string of the molecule is CNC(=O)c1[nH]c2ccc(OCC(C)F)cc2c1CCNC(=O)C(F)F. The van der Waals surface area contributed by atoms with Crippen molar-refractivity contribution in [1.29, 1.82) is 0 Å². The van der Waals surface area contributed by atoms with Crippen LogP contribution >= 0.6 is 0 Å². The smallest absolute Gasteiger partial charge is 0.315 e. The number of nitrogens with one attached hydrogen (secondary N) is 3. The van der Waals surface area contributed by atoms with Gasteiger partial charge in [-0.2, -0.15) is 8.78 Å². The predicted molar refractivity (Wildman–Crippen MR) is 90.5 cm³/mol. The lowest BCUT2D eigenvalue weighted by atomic mass is 10.1. The van der Waals surface area contributed by atoms with E-state index < -0.39 is 18.5 Å². The second kappa shape index (κ2) is 8.59. The van der Waals surface area contributed by atoms with Crippen molar-refractivity contribution in [3.05, 3.63) is 29.5 Å². The van der Waals surface area contributed by atoms with Gasteiger partial charge in [-0.3, -0.25) is 9.59 Å². The molecule has 2 aromatic rings. The van der Waals surface area contributed by atoms with Crippen molar-refractivity contribution in [2.75, 3.05) is 20.2 Å². The third-order valence-electron chi connectivity index (χ3n) is 3.68. The van der Waals surface area contributed by atoms with Gasteiger partial charge in [-0.05, 0) is 37.1 Å². The number of fused-ring (bicyclic) bond motifs is 1. The molecule has 0 aliphatic heterocycles. The monoisotopic (exact) mass is 371 g/mol. The van der Waals surface area contributed by atoms with Gasteiger partial charge in [-0.15, -0.1) is 0 Å². The lowest BCUT2D eigenvalue weighted by molar-refractivity contribution is -0.131. The fraction of sp³-hybridized carbons (Fsp3) is 0.412. The number of amides is 2. The summed E-state index contributed by atoms with van der Waals surface area (Å²) in [4.78, 5) is 26.1. The summed E-state index contributed by atoms with van der Waals surface area (Å²) >= 11 is 0. The van der Waals surface area contributed by atoms with Crippen molar-refractivity contribution in [3.63, 3.8) is 0 Å². The number of benzene rings is 1. The Balaban J connectivity index is 2.30. The van der Waals surface area contributed by atoms with Crippen molar-refractivity contribution in [1.82, 2.24) is 15.6 Å². The zero-order valence-electron chi connectivity index (χ0n) is 14.4. The van der Waals surface area contributed by atoms with E-state index in [1.807, 2.05) is 0 Å². The molecule has 0 fully saturated rings. The maximum absolute atomic E-state index is 13.0. The fourth-order valence-corrected chi connectivity index (χ4v) is 2.49. The average Bonchev–Trinajstić information content (AvgIpc) is 2.97. The van der Waals surface area contributed by atoms with Crippen LogP contribution in [0.4, 0.5) is 13.2 Å². The van der Waals surface area contributed by atoms with Crippen LogP contribution in [0, 0.1) is 0 Å². The zero-order chi connectivity index (χ0) is 19.3. The van der Waals surface area contributed by atoms with E-state index >= 15 is 0 Å². The Morgan fingerprint density at radius 1 is 1.27 bits per heavy atom. The minimum absolute atomic E-state index is 0.0628. The van der Waals surface area contributed by atoms with Gasteiger partial charge in [0.15, 0.2) is 0 Å². The first-order valence-electron chi connectivity index (χ1n) is 8.03. The summed E-state index contributed by atoms with van der Waals surface area (Å²) in [7, 11) is 1.47. The standard InChI is InChI=1S/C17H20F3N3O3/c1-9(18)8-26-10-3-4-13-12(7-10)11(14(23-13)16(24)21-2)5-6-22-17(25)15(19)20/h3-4,7,9,15,23H,5-6,8H2,1-2H3,(H,21,24)(H,22,25). The molecule has 26 heavy (non-hydrogen) atoms. The molecule has 0 saturated heterocycles. The van der Waals surface area contributed by atoms with Gasteiger partial charge in [-0.25, -0.2) is 4.39 Å². The Hall–Kier alpha value is -2.71. The molecule has 6 nitrogen and oxygen atoms in total. The molecule has 0 bridgehead atoms. The second-order valence-corrected chi connectivity index (χ2v) is 5.70. The highest BCUT2D eigenvalue weighted by molar-refractivity contribution is 6.01. The fourth-order valence-electron chi connectivity index (χ4n) is 2.49. The van der Waals surface area contributed by atoms with Crippen molar-refractivity contribution in [2.45, 2.75) is 25.9 Å². The topological polar surface area (TPSA) is 83.2 Å². The van der Waals surface area contributed by atoms with Crippen LogP contribution in [0.5, 0.6) is 5.75 Å². The lowest BCUT2D eigenvalue weighted by Gasteiger charge is -2.08. The van der Waals surface area contributed by atoms with Gasteiger partial charge in [0.2, 0.25) is 0 Å². The van der Waals surface area contributed by atoms with Crippen LogP contribution in [0.2, 0.25) is 0 Å². The van der Waals surface area contributed by atoms with E-state index in [4.69, 9.17) is 4.74 Å². The van der Waals surface area contributed by atoms with Crippen LogP contribution in [0.25, 0.3) is 10.9 Å². The summed E-state index contributed by atoms with van der Waals surface area (Å²) in [6.07, 6.45) is -4.08. The number of aromatic nitrogens is 1. The molecule has 2 amide bonds. The molecule has 9 heteroatoms. The summed E-state index contributed by atoms with van der Waals surface area (Å²) in [5, 5.41) is 5.24. The maximum Gasteiger partial charge on any atom is 0.315 e. The van der Waals surface area contributed by atoms with E-state index in [9.17, 15) is 22.8 Å². The number of halogens is 3. The highest BCUT2D eigenvalue weighted by atomic mass is 19.3. The molecular formula is C17H20F3N3O3. The highest BCUT2D eigenvalue weighted by Gasteiger charge is 2.19. The molecule has 0 saturated carbocycles. The molecule has 0 spiro atoms. The number of aromatic amines is 1. The Kier molecular flexibility index (Phi) is 6.48. The number of hydrogen-bond donors (Lipinski definition) is 3. The molecule has 1 aromatic heterocycles. The van der Waals surface area contributed by atoms with Crippen LogP contribution in [-0.4, -0.2) is 49.6 Å². The molecular weight excluding hydrogens is 351 g/mol. The number of ether oxygens (including phenoxy) is 1. The van der Waals surface area contributed by atoms with E-state index in [1.54, 1.807) is 18.2 Å². The van der Waals surface area contributed by atoms with Crippen molar-refractivity contribution >= 4 is 22.7 Å². The van der Waals surface area contributed by atoms with E-state index in [2.05, 4.69) is 15.6 Å². The van der Waals surface area contributed by atoms with E-state index in [0.717, 1.165) is 0 Å². The minimum Gasteiger partial charge on any atom is -0.491 e. The first kappa shape index (κ1) is 19.6. The van der Waals surface area contributed by atoms with Crippen LogP contribution in [0.15, 0.2) is 18.2 Å². The third-order valence-corrected chi connectivity index (χ3v) is 3.68. The van der Waals surface area contributed by atoms with E-state index in [1.165, 1.54) is 14.0 Å². The lowest BCUT2D eigenvalue weighted by Crippen LogP contribution is -2.31. The molecule has 1 heterocycles. The zero-order valence-corrected chi connectivity index (χ0v) is 14.4. The van der Waals surface area contributed by atoms with Crippen molar-refractivity contribution < 1.29 is 27.5 Å². The van der Waals surface area contributed by atoms with E-state index in [0.29, 0.717) is 22.2 Å². The molecule has 2 rings (SSSR count). The second-order valence-electron chi connectivity index (χ2n) is 5.70. The minimum atomic E-state index is -3.10. The van der Waals surface area contributed by atoms with Gasteiger partial charge in [0, 0.05) is 24.5 Å². The number of H-pyrrole nitrogens is 1.